The van der Waals surface area contributed by atoms with Crippen molar-refractivity contribution in [2.75, 3.05) is 13.1 Å². The zero-order valence-electron chi connectivity index (χ0n) is 9.79. The molecule has 2 rings (SSSR count). The first-order valence-electron chi connectivity index (χ1n) is 5.59. The molecule has 1 heterocycles. The van der Waals surface area contributed by atoms with E-state index in [0.29, 0.717) is 25.2 Å². The van der Waals surface area contributed by atoms with Crippen LogP contribution in [-0.2, 0) is 0 Å². The molecule has 1 aliphatic heterocycles. The van der Waals surface area contributed by atoms with Gasteiger partial charge in [-0.3, -0.25) is 4.79 Å². The maximum Gasteiger partial charge on any atom is 0.254 e. The Bertz CT molecular complexity index is 459. The fraction of sp³-hybridized carbons (Fsp3) is 0.417. The van der Waals surface area contributed by atoms with Crippen LogP contribution < -0.4 is 5.73 Å². The summed E-state index contributed by atoms with van der Waals surface area (Å²) in [5.41, 5.74) is 5.57. The Hall–Kier alpha value is -1.56. The largest absolute Gasteiger partial charge is 0.337 e. The van der Waals surface area contributed by atoms with Crippen LogP contribution in [0.4, 0.5) is 13.2 Å². The van der Waals surface area contributed by atoms with Crippen molar-refractivity contribution in [3.8, 4) is 0 Å². The maximum absolute atomic E-state index is 13.0. The van der Waals surface area contributed by atoms with Crippen molar-refractivity contribution in [2.45, 2.75) is 13.0 Å². The molecule has 0 saturated carbocycles. The number of rotatable bonds is 1. The highest BCUT2D eigenvalue weighted by atomic mass is 19.2. The van der Waals surface area contributed by atoms with Crippen LogP contribution in [0.3, 0.4) is 0 Å². The lowest BCUT2D eigenvalue weighted by molar-refractivity contribution is 0.0785. The van der Waals surface area contributed by atoms with Crippen LogP contribution >= 0.6 is 0 Å². The third kappa shape index (κ3) is 2.20. The van der Waals surface area contributed by atoms with Gasteiger partial charge in [0.1, 0.15) is 0 Å². The lowest BCUT2D eigenvalue weighted by atomic mass is 10.1. The molecule has 0 spiro atoms. The van der Waals surface area contributed by atoms with Crippen molar-refractivity contribution in [1.29, 1.82) is 0 Å². The predicted molar refractivity (Wildman–Crippen MR) is 59.4 cm³/mol. The summed E-state index contributed by atoms with van der Waals surface area (Å²) in [6.07, 6.45) is 0. The molecular weight excluding hydrogens is 245 g/mol. The second kappa shape index (κ2) is 4.61. The molecule has 2 N–H and O–H groups in total. The van der Waals surface area contributed by atoms with Crippen LogP contribution in [0.2, 0.25) is 0 Å². The minimum Gasteiger partial charge on any atom is -0.337 e. The molecule has 1 aliphatic rings. The summed E-state index contributed by atoms with van der Waals surface area (Å²) in [6, 6.07) is 1.26. The van der Waals surface area contributed by atoms with E-state index in [2.05, 4.69) is 0 Å². The molecule has 0 bridgehead atoms. The third-order valence-corrected chi connectivity index (χ3v) is 3.19. The van der Waals surface area contributed by atoms with Crippen molar-refractivity contribution < 1.29 is 18.0 Å². The number of hydrogen-bond acceptors (Lipinski definition) is 2. The molecule has 1 aromatic carbocycles. The van der Waals surface area contributed by atoms with Crippen LogP contribution in [0.15, 0.2) is 12.1 Å². The van der Waals surface area contributed by atoms with Gasteiger partial charge in [0.25, 0.3) is 5.91 Å². The van der Waals surface area contributed by atoms with Gasteiger partial charge in [-0.15, -0.1) is 0 Å². The number of amides is 1. The zero-order chi connectivity index (χ0) is 13.4. The summed E-state index contributed by atoms with van der Waals surface area (Å²) in [7, 11) is 0. The normalized spacial score (nSPS) is 23.5. The highest BCUT2D eigenvalue weighted by Crippen LogP contribution is 2.20. The Balaban J connectivity index is 2.25. The fourth-order valence-electron chi connectivity index (χ4n) is 2.02. The summed E-state index contributed by atoms with van der Waals surface area (Å²) >= 11 is 0. The van der Waals surface area contributed by atoms with E-state index in [0.717, 1.165) is 0 Å². The molecular formula is C12H13F3N2O. The number of nitrogens with zero attached hydrogens (tertiary/aromatic N) is 1. The molecule has 18 heavy (non-hydrogen) atoms. The number of halogens is 3. The maximum atomic E-state index is 13.0. The quantitative estimate of drug-likeness (QED) is 0.776. The summed E-state index contributed by atoms with van der Waals surface area (Å²) in [6.45, 7) is 2.66. The van der Waals surface area contributed by atoms with Crippen molar-refractivity contribution in [2.24, 2.45) is 11.7 Å². The van der Waals surface area contributed by atoms with Gasteiger partial charge in [-0.05, 0) is 18.1 Å². The van der Waals surface area contributed by atoms with Crippen molar-refractivity contribution in [1.82, 2.24) is 4.90 Å². The Labute approximate surface area is 102 Å². The second-order valence-electron chi connectivity index (χ2n) is 4.61. The highest BCUT2D eigenvalue weighted by Gasteiger charge is 2.31. The molecule has 0 radical (unpaired) electrons. The van der Waals surface area contributed by atoms with E-state index in [9.17, 15) is 18.0 Å². The van der Waals surface area contributed by atoms with E-state index < -0.39 is 23.4 Å². The van der Waals surface area contributed by atoms with Gasteiger partial charge < -0.3 is 10.6 Å². The topological polar surface area (TPSA) is 46.3 Å². The summed E-state index contributed by atoms with van der Waals surface area (Å²) in [4.78, 5) is 13.4. The van der Waals surface area contributed by atoms with Gasteiger partial charge in [0, 0.05) is 24.7 Å². The average molecular weight is 258 g/mol. The van der Waals surface area contributed by atoms with E-state index in [1.54, 1.807) is 0 Å². The Kier molecular flexibility index (Phi) is 3.30. The molecule has 0 aliphatic carbocycles. The van der Waals surface area contributed by atoms with Gasteiger partial charge in [0.15, 0.2) is 17.5 Å². The Morgan fingerprint density at radius 1 is 1.28 bits per heavy atom. The van der Waals surface area contributed by atoms with E-state index in [-0.39, 0.29) is 17.5 Å². The van der Waals surface area contributed by atoms with Crippen molar-refractivity contribution in [3.63, 3.8) is 0 Å². The summed E-state index contributed by atoms with van der Waals surface area (Å²) in [5.74, 6) is -4.71. The molecule has 1 fully saturated rings. The number of nitrogens with two attached hydrogens (primary N) is 1. The Morgan fingerprint density at radius 2 is 1.83 bits per heavy atom. The number of benzene rings is 1. The highest BCUT2D eigenvalue weighted by molar-refractivity contribution is 5.94. The Morgan fingerprint density at radius 3 is 2.28 bits per heavy atom. The molecule has 2 unspecified atom stereocenters. The zero-order valence-corrected chi connectivity index (χ0v) is 9.79. The predicted octanol–water partition coefficient (Wildman–Crippen LogP) is 1.52. The summed E-state index contributed by atoms with van der Waals surface area (Å²) in [5, 5.41) is 0. The fourth-order valence-corrected chi connectivity index (χ4v) is 2.02. The van der Waals surface area contributed by atoms with Crippen LogP contribution in [0.5, 0.6) is 0 Å². The number of hydrogen-bond donors (Lipinski definition) is 1. The lowest BCUT2D eigenvalue weighted by Crippen LogP contribution is -2.32. The molecule has 1 saturated heterocycles. The molecule has 3 nitrogen and oxygen atoms in total. The molecule has 98 valence electrons. The SMILES string of the molecule is CC1CN(C(=O)c2cc(F)c(F)c(F)c2)CC1N. The van der Waals surface area contributed by atoms with E-state index >= 15 is 0 Å². The monoisotopic (exact) mass is 258 g/mol. The van der Waals surface area contributed by atoms with Gasteiger partial charge in [-0.1, -0.05) is 6.92 Å². The standard InChI is InChI=1S/C12H13F3N2O/c1-6-4-17(5-10(6)16)12(18)7-2-8(13)11(15)9(14)3-7/h2-3,6,10H,4-5,16H2,1H3. The van der Waals surface area contributed by atoms with E-state index in [4.69, 9.17) is 5.73 Å². The van der Waals surface area contributed by atoms with Gasteiger partial charge in [0.05, 0.1) is 0 Å². The molecule has 1 aromatic rings. The van der Waals surface area contributed by atoms with Crippen molar-refractivity contribution in [3.05, 3.63) is 35.1 Å². The molecule has 6 heteroatoms. The van der Waals surface area contributed by atoms with E-state index in [1.807, 2.05) is 6.92 Å². The molecule has 0 aromatic heterocycles. The number of likely N-dealkylation sites (tertiary alicyclic amines) is 1. The van der Waals surface area contributed by atoms with Gasteiger partial charge >= 0.3 is 0 Å². The number of carbonyl (C=O) groups excluding carboxylic acids is 1. The third-order valence-electron chi connectivity index (χ3n) is 3.19. The first kappa shape index (κ1) is 12.9. The molecule has 1 amide bonds. The number of carbonyl (C=O) groups is 1. The minimum absolute atomic E-state index is 0.129. The van der Waals surface area contributed by atoms with Crippen LogP contribution in [0.1, 0.15) is 17.3 Å². The van der Waals surface area contributed by atoms with Crippen LogP contribution in [0.25, 0.3) is 0 Å². The first-order chi connectivity index (χ1) is 8.40. The van der Waals surface area contributed by atoms with Gasteiger partial charge in [0.2, 0.25) is 0 Å². The smallest absolute Gasteiger partial charge is 0.254 e. The van der Waals surface area contributed by atoms with Gasteiger partial charge in [-0.25, -0.2) is 13.2 Å². The minimum atomic E-state index is -1.57. The van der Waals surface area contributed by atoms with Gasteiger partial charge in [-0.2, -0.15) is 0 Å². The lowest BCUT2D eigenvalue weighted by Gasteiger charge is -2.16. The second-order valence-corrected chi connectivity index (χ2v) is 4.61. The average Bonchev–Trinajstić information content (AvgIpc) is 2.65. The summed E-state index contributed by atoms with van der Waals surface area (Å²) < 4.78 is 38.8. The molecule has 2 atom stereocenters. The van der Waals surface area contributed by atoms with Crippen LogP contribution in [0, 0.1) is 23.4 Å². The van der Waals surface area contributed by atoms with E-state index in [1.165, 1.54) is 4.90 Å². The first-order valence-corrected chi connectivity index (χ1v) is 5.59. The van der Waals surface area contributed by atoms with Crippen LogP contribution in [-0.4, -0.2) is 29.9 Å². The van der Waals surface area contributed by atoms with Crippen molar-refractivity contribution >= 4 is 5.91 Å².